The van der Waals surface area contributed by atoms with Crippen molar-refractivity contribution < 1.29 is 28.8 Å². The zero-order valence-corrected chi connectivity index (χ0v) is 13.0. The van der Waals surface area contributed by atoms with Gasteiger partial charge in [0.05, 0.1) is 32.5 Å². The zero-order valence-electron chi connectivity index (χ0n) is 13.0. The molecule has 1 unspecified atom stereocenters. The maximum Gasteiger partial charge on any atom is 0.339 e. The van der Waals surface area contributed by atoms with Crippen LogP contribution in [-0.4, -0.2) is 32.4 Å². The molecule has 1 atom stereocenters. The normalized spacial score (nSPS) is 15.8. The average molecular weight is 316 g/mol. The first-order valence-corrected chi connectivity index (χ1v) is 6.93. The number of fused-ring (bicyclic) bond motifs is 1. The van der Waals surface area contributed by atoms with Crippen molar-refractivity contribution in [3.05, 3.63) is 47.0 Å². The number of hydrogen-bond donors (Lipinski definition) is 1. The Kier molecular flexibility index (Phi) is 3.73. The van der Waals surface area contributed by atoms with E-state index in [1.54, 1.807) is 25.3 Å². The van der Waals surface area contributed by atoms with Gasteiger partial charge in [-0.2, -0.15) is 0 Å². The molecule has 0 aromatic heterocycles. The van der Waals surface area contributed by atoms with Crippen molar-refractivity contribution in [2.24, 2.45) is 0 Å². The topological polar surface area (TPSA) is 74.2 Å². The fraction of sp³-hybridized carbons (Fsp3) is 0.235. The van der Waals surface area contributed by atoms with Crippen molar-refractivity contribution in [1.29, 1.82) is 0 Å². The van der Waals surface area contributed by atoms with Crippen LogP contribution in [0.25, 0.3) is 0 Å². The van der Waals surface area contributed by atoms with E-state index >= 15 is 0 Å². The fourth-order valence-corrected chi connectivity index (χ4v) is 2.72. The SMILES string of the molecule is COc1ccc(C2OC(=O)c3ccc(O)c(OC)c32)c(OC)c1. The van der Waals surface area contributed by atoms with Gasteiger partial charge >= 0.3 is 5.97 Å². The van der Waals surface area contributed by atoms with E-state index in [1.165, 1.54) is 26.4 Å². The van der Waals surface area contributed by atoms with Crippen molar-refractivity contribution in [3.8, 4) is 23.0 Å². The maximum atomic E-state index is 12.1. The molecule has 1 aliphatic heterocycles. The molecule has 6 heteroatoms. The second-order valence-electron chi connectivity index (χ2n) is 4.97. The van der Waals surface area contributed by atoms with E-state index in [-0.39, 0.29) is 11.5 Å². The van der Waals surface area contributed by atoms with Crippen molar-refractivity contribution in [1.82, 2.24) is 0 Å². The summed E-state index contributed by atoms with van der Waals surface area (Å²) in [6, 6.07) is 8.14. The third-order valence-corrected chi connectivity index (χ3v) is 3.81. The lowest BCUT2D eigenvalue weighted by Gasteiger charge is -2.18. The van der Waals surface area contributed by atoms with Gasteiger partial charge in [0.15, 0.2) is 17.6 Å². The summed E-state index contributed by atoms with van der Waals surface area (Å²) in [5, 5.41) is 9.99. The molecule has 2 aromatic rings. The van der Waals surface area contributed by atoms with Gasteiger partial charge in [-0.1, -0.05) is 0 Å². The first kappa shape index (κ1) is 15.0. The molecular weight excluding hydrogens is 300 g/mol. The Hall–Kier alpha value is -2.89. The molecule has 0 radical (unpaired) electrons. The highest BCUT2D eigenvalue weighted by molar-refractivity contribution is 5.96. The predicted octanol–water partition coefficient (Wildman–Crippen LogP) is 2.68. The largest absolute Gasteiger partial charge is 0.504 e. The predicted molar refractivity (Wildman–Crippen MR) is 81.5 cm³/mol. The van der Waals surface area contributed by atoms with Crippen LogP contribution in [0.2, 0.25) is 0 Å². The summed E-state index contributed by atoms with van der Waals surface area (Å²) in [7, 11) is 4.51. The van der Waals surface area contributed by atoms with Gasteiger partial charge < -0.3 is 24.1 Å². The first-order valence-electron chi connectivity index (χ1n) is 6.93. The monoisotopic (exact) mass is 316 g/mol. The molecule has 0 bridgehead atoms. The number of phenolic OH excluding ortho intramolecular Hbond substituents is 1. The lowest BCUT2D eigenvalue weighted by molar-refractivity contribution is 0.0450. The van der Waals surface area contributed by atoms with Crippen LogP contribution >= 0.6 is 0 Å². The molecule has 0 aliphatic carbocycles. The van der Waals surface area contributed by atoms with E-state index in [1.807, 2.05) is 0 Å². The Morgan fingerprint density at radius 2 is 1.83 bits per heavy atom. The summed E-state index contributed by atoms with van der Waals surface area (Å²) in [5.74, 6) is 0.831. The molecular formula is C17H16O6. The highest BCUT2D eigenvalue weighted by Crippen LogP contribution is 2.47. The first-order chi connectivity index (χ1) is 11.1. The molecule has 0 saturated heterocycles. The number of hydrogen-bond acceptors (Lipinski definition) is 6. The van der Waals surface area contributed by atoms with Gasteiger partial charge in [-0.3, -0.25) is 0 Å². The fourth-order valence-electron chi connectivity index (χ4n) is 2.72. The number of methoxy groups -OCH3 is 3. The molecule has 2 aromatic carbocycles. The molecule has 6 nitrogen and oxygen atoms in total. The highest BCUT2D eigenvalue weighted by atomic mass is 16.6. The molecule has 0 saturated carbocycles. The minimum Gasteiger partial charge on any atom is -0.504 e. The van der Waals surface area contributed by atoms with Crippen molar-refractivity contribution in [2.45, 2.75) is 6.10 Å². The van der Waals surface area contributed by atoms with Crippen molar-refractivity contribution >= 4 is 5.97 Å². The molecule has 0 spiro atoms. The van der Waals surface area contributed by atoms with Crippen molar-refractivity contribution in [2.75, 3.05) is 21.3 Å². The number of carbonyl (C=O) groups excluding carboxylic acids is 1. The summed E-state index contributed by atoms with van der Waals surface area (Å²) in [6.45, 7) is 0. The molecule has 1 heterocycles. The van der Waals surface area contributed by atoms with Gasteiger partial charge in [0.1, 0.15) is 11.5 Å². The minimum atomic E-state index is -0.722. The Balaban J connectivity index is 2.18. The third-order valence-electron chi connectivity index (χ3n) is 3.81. The number of esters is 1. The van der Waals surface area contributed by atoms with Crippen LogP contribution in [-0.2, 0) is 4.74 Å². The summed E-state index contributed by atoms with van der Waals surface area (Å²) in [6.07, 6.45) is -0.722. The number of cyclic esters (lactones) is 1. The van der Waals surface area contributed by atoms with Gasteiger partial charge in [0.25, 0.3) is 0 Å². The van der Waals surface area contributed by atoms with Gasteiger partial charge in [0.2, 0.25) is 0 Å². The quantitative estimate of drug-likeness (QED) is 0.874. The highest BCUT2D eigenvalue weighted by Gasteiger charge is 2.38. The Labute approximate surface area is 133 Å². The van der Waals surface area contributed by atoms with Gasteiger partial charge in [0, 0.05) is 11.6 Å². The van der Waals surface area contributed by atoms with Gasteiger partial charge in [-0.25, -0.2) is 4.79 Å². The molecule has 1 aliphatic rings. The third kappa shape index (κ3) is 2.32. The van der Waals surface area contributed by atoms with Crippen LogP contribution in [0.3, 0.4) is 0 Å². The second kappa shape index (κ2) is 5.72. The number of ether oxygens (including phenoxy) is 4. The van der Waals surface area contributed by atoms with E-state index in [4.69, 9.17) is 18.9 Å². The summed E-state index contributed by atoms with van der Waals surface area (Å²) in [5.41, 5.74) is 1.49. The van der Waals surface area contributed by atoms with E-state index in [2.05, 4.69) is 0 Å². The number of benzene rings is 2. The van der Waals surface area contributed by atoms with Crippen LogP contribution in [0.5, 0.6) is 23.0 Å². The average Bonchev–Trinajstić information content (AvgIpc) is 2.91. The Bertz CT molecular complexity index is 768. The smallest absolute Gasteiger partial charge is 0.339 e. The van der Waals surface area contributed by atoms with E-state index in [9.17, 15) is 9.90 Å². The Morgan fingerprint density at radius 3 is 2.48 bits per heavy atom. The van der Waals surface area contributed by atoms with E-state index in [0.29, 0.717) is 28.2 Å². The summed E-state index contributed by atoms with van der Waals surface area (Å²) >= 11 is 0. The van der Waals surface area contributed by atoms with Crippen LogP contribution in [0.4, 0.5) is 0 Å². The van der Waals surface area contributed by atoms with Crippen LogP contribution in [0.15, 0.2) is 30.3 Å². The van der Waals surface area contributed by atoms with E-state index in [0.717, 1.165) is 0 Å². The van der Waals surface area contributed by atoms with Gasteiger partial charge in [-0.05, 0) is 24.3 Å². The lowest BCUT2D eigenvalue weighted by atomic mass is 9.97. The molecule has 0 fully saturated rings. The summed E-state index contributed by atoms with van der Waals surface area (Å²) in [4.78, 5) is 12.1. The number of rotatable bonds is 4. The molecule has 3 rings (SSSR count). The maximum absolute atomic E-state index is 12.1. The summed E-state index contributed by atoms with van der Waals surface area (Å²) < 4.78 is 21.3. The van der Waals surface area contributed by atoms with E-state index < -0.39 is 12.1 Å². The lowest BCUT2D eigenvalue weighted by Crippen LogP contribution is -2.04. The second-order valence-corrected chi connectivity index (χ2v) is 4.97. The number of aromatic hydroxyl groups is 1. The molecule has 1 N–H and O–H groups in total. The Morgan fingerprint density at radius 1 is 1.04 bits per heavy atom. The molecule has 120 valence electrons. The van der Waals surface area contributed by atoms with Gasteiger partial charge in [-0.15, -0.1) is 0 Å². The van der Waals surface area contributed by atoms with Crippen LogP contribution < -0.4 is 14.2 Å². The number of phenols is 1. The standard InChI is InChI=1S/C17H16O6/c1-20-9-4-5-10(13(8-9)21-2)15-14-11(17(19)23-15)6-7-12(18)16(14)22-3/h4-8,15,18H,1-3H3. The van der Waals surface area contributed by atoms with Crippen LogP contribution in [0, 0.1) is 0 Å². The zero-order chi connectivity index (χ0) is 16.6. The number of carbonyl (C=O) groups is 1. The van der Waals surface area contributed by atoms with Crippen molar-refractivity contribution in [3.63, 3.8) is 0 Å². The molecule has 0 amide bonds. The molecule has 23 heavy (non-hydrogen) atoms. The van der Waals surface area contributed by atoms with Crippen LogP contribution in [0.1, 0.15) is 27.6 Å². The minimum absolute atomic E-state index is 0.0537.